The fourth-order valence-corrected chi connectivity index (χ4v) is 4.49. The first-order valence-electron chi connectivity index (χ1n) is 12.8. The quantitative estimate of drug-likeness (QED) is 0.229. The molecule has 8 nitrogen and oxygen atoms in total. The molecule has 1 aliphatic rings. The van der Waals surface area contributed by atoms with E-state index in [9.17, 15) is 22.8 Å². The second-order valence-corrected chi connectivity index (χ2v) is 9.50. The van der Waals surface area contributed by atoms with Crippen LogP contribution in [0.4, 0.5) is 24.8 Å². The number of halogens is 3. The maximum Gasteiger partial charge on any atom is 0.423 e. The molecule has 210 valence electrons. The van der Waals surface area contributed by atoms with E-state index < -0.39 is 17.6 Å². The van der Waals surface area contributed by atoms with E-state index in [-0.39, 0.29) is 35.0 Å². The Morgan fingerprint density at radius 2 is 1.95 bits per heavy atom. The van der Waals surface area contributed by atoms with Crippen molar-refractivity contribution in [1.82, 2.24) is 20.6 Å². The van der Waals surface area contributed by atoms with Gasteiger partial charge in [0.25, 0.3) is 5.91 Å². The van der Waals surface area contributed by atoms with Crippen LogP contribution < -0.4 is 20.7 Å². The standard InChI is InChI=1S/C29H30F3N5O3/c1-4-6-19-7-5-8-24(25(19)18(3)38)40-27-22(29(30,31)32)16-34-28(37-27)36-23-10-9-20(15-17(23)2)26(39)35-21-11-13-33-14-12-21/h4-5,7-10,15-16,21,33H,1,6,11-14H2,2-3H3,(H,35,39)(H,34,36,37). The number of nitrogens with zero attached hydrogens (tertiary/aromatic N) is 2. The molecular formula is C29H30F3N5O3. The molecule has 1 saturated heterocycles. The van der Waals surface area contributed by atoms with E-state index in [1.54, 1.807) is 43.3 Å². The van der Waals surface area contributed by atoms with Gasteiger partial charge in [0.2, 0.25) is 11.8 Å². The molecule has 0 radical (unpaired) electrons. The number of carbonyl (C=O) groups excluding carboxylic acids is 2. The second-order valence-electron chi connectivity index (χ2n) is 9.50. The number of anilines is 2. The van der Waals surface area contributed by atoms with Crippen LogP contribution in [0, 0.1) is 6.92 Å². The van der Waals surface area contributed by atoms with E-state index in [1.807, 2.05) is 0 Å². The van der Waals surface area contributed by atoms with E-state index in [4.69, 9.17) is 4.74 Å². The molecule has 3 N–H and O–H groups in total. The molecule has 0 unspecified atom stereocenters. The molecule has 2 heterocycles. The van der Waals surface area contributed by atoms with Gasteiger partial charge < -0.3 is 20.7 Å². The number of hydrogen-bond acceptors (Lipinski definition) is 7. The lowest BCUT2D eigenvalue weighted by molar-refractivity contribution is -0.139. The molecule has 0 atom stereocenters. The molecule has 4 rings (SSSR count). The number of rotatable bonds is 9. The Balaban J connectivity index is 1.60. The second kappa shape index (κ2) is 12.3. The Bertz CT molecular complexity index is 1420. The molecule has 40 heavy (non-hydrogen) atoms. The first kappa shape index (κ1) is 28.8. The summed E-state index contributed by atoms with van der Waals surface area (Å²) in [6.45, 7) is 8.43. The van der Waals surface area contributed by atoms with E-state index in [1.165, 1.54) is 13.0 Å². The summed E-state index contributed by atoms with van der Waals surface area (Å²) in [4.78, 5) is 32.9. The van der Waals surface area contributed by atoms with Crippen molar-refractivity contribution >= 4 is 23.3 Å². The molecule has 0 aliphatic carbocycles. The van der Waals surface area contributed by atoms with Crippen LogP contribution in [0.3, 0.4) is 0 Å². The molecule has 0 spiro atoms. The zero-order chi connectivity index (χ0) is 28.9. The summed E-state index contributed by atoms with van der Waals surface area (Å²) in [7, 11) is 0. The average Bonchev–Trinajstić information content (AvgIpc) is 2.90. The molecule has 1 aliphatic heterocycles. The normalized spacial score (nSPS) is 13.9. The summed E-state index contributed by atoms with van der Waals surface area (Å²) >= 11 is 0. The topological polar surface area (TPSA) is 105 Å². The highest BCUT2D eigenvalue weighted by Crippen LogP contribution is 2.38. The van der Waals surface area contributed by atoms with Gasteiger partial charge in [0.15, 0.2) is 5.78 Å². The zero-order valence-electron chi connectivity index (χ0n) is 22.2. The summed E-state index contributed by atoms with van der Waals surface area (Å²) in [6, 6.07) is 9.73. The van der Waals surface area contributed by atoms with Crippen LogP contribution in [0.25, 0.3) is 0 Å². The van der Waals surface area contributed by atoms with Crippen molar-refractivity contribution in [1.29, 1.82) is 0 Å². The predicted molar refractivity (Wildman–Crippen MR) is 145 cm³/mol. The van der Waals surface area contributed by atoms with Gasteiger partial charge >= 0.3 is 6.18 Å². The summed E-state index contributed by atoms with van der Waals surface area (Å²) in [5.74, 6) is -1.51. The van der Waals surface area contributed by atoms with Gasteiger partial charge in [-0.3, -0.25) is 9.59 Å². The molecular weight excluding hydrogens is 523 g/mol. The average molecular weight is 554 g/mol. The van der Waals surface area contributed by atoms with E-state index >= 15 is 0 Å². The maximum absolute atomic E-state index is 13.8. The number of aromatic nitrogens is 2. The molecule has 3 aromatic rings. The summed E-state index contributed by atoms with van der Waals surface area (Å²) in [5, 5.41) is 9.18. The van der Waals surface area contributed by atoms with Crippen molar-refractivity contribution in [2.45, 2.75) is 45.3 Å². The third kappa shape index (κ3) is 6.84. The van der Waals surface area contributed by atoms with Gasteiger partial charge in [0.05, 0.1) is 5.56 Å². The van der Waals surface area contributed by atoms with Gasteiger partial charge in [-0.05, 0) is 81.6 Å². The van der Waals surface area contributed by atoms with Crippen molar-refractivity contribution in [2.24, 2.45) is 0 Å². The van der Waals surface area contributed by atoms with Gasteiger partial charge in [0, 0.05) is 23.5 Å². The van der Waals surface area contributed by atoms with Crippen LogP contribution >= 0.6 is 0 Å². The lowest BCUT2D eigenvalue weighted by atomic mass is 10.0. The number of benzene rings is 2. The Hall–Kier alpha value is -4.25. The highest BCUT2D eigenvalue weighted by atomic mass is 19.4. The van der Waals surface area contributed by atoms with Gasteiger partial charge in [-0.25, -0.2) is 4.98 Å². The minimum atomic E-state index is -4.80. The van der Waals surface area contributed by atoms with Crippen LogP contribution in [0.1, 0.15) is 57.2 Å². The third-order valence-electron chi connectivity index (χ3n) is 6.50. The van der Waals surface area contributed by atoms with Gasteiger partial charge in [-0.1, -0.05) is 18.2 Å². The Kier molecular flexibility index (Phi) is 8.83. The molecule has 1 amide bonds. The van der Waals surface area contributed by atoms with E-state index in [0.717, 1.165) is 25.9 Å². The summed E-state index contributed by atoms with van der Waals surface area (Å²) < 4.78 is 47.1. The highest BCUT2D eigenvalue weighted by molar-refractivity contribution is 5.98. The molecule has 1 fully saturated rings. The van der Waals surface area contributed by atoms with E-state index in [0.29, 0.717) is 35.0 Å². The Labute approximate surface area is 230 Å². The SMILES string of the molecule is C=CCc1cccc(Oc2nc(Nc3ccc(C(=O)NC4CCNCC4)cc3C)ncc2C(F)(F)F)c1C(C)=O. The number of hydrogen-bond donors (Lipinski definition) is 3. The lowest BCUT2D eigenvalue weighted by Crippen LogP contribution is -2.42. The zero-order valence-corrected chi connectivity index (χ0v) is 22.2. The van der Waals surface area contributed by atoms with Gasteiger partial charge in [0.1, 0.15) is 11.3 Å². The van der Waals surface area contributed by atoms with Crippen molar-refractivity contribution < 1.29 is 27.5 Å². The number of carbonyl (C=O) groups is 2. The van der Waals surface area contributed by atoms with Crippen molar-refractivity contribution in [3.63, 3.8) is 0 Å². The number of amides is 1. The number of aryl methyl sites for hydroxylation is 1. The highest BCUT2D eigenvalue weighted by Gasteiger charge is 2.37. The van der Waals surface area contributed by atoms with Crippen LogP contribution in [0.2, 0.25) is 0 Å². The molecule has 1 aromatic heterocycles. The first-order chi connectivity index (χ1) is 19.1. The fourth-order valence-electron chi connectivity index (χ4n) is 4.49. The van der Waals surface area contributed by atoms with Crippen molar-refractivity contribution in [3.05, 3.63) is 83.1 Å². The maximum atomic E-state index is 13.8. The number of Topliss-reactive ketones (excluding diaryl/α,β-unsaturated/α-hetero) is 1. The molecule has 2 aromatic carbocycles. The first-order valence-corrected chi connectivity index (χ1v) is 12.8. The van der Waals surface area contributed by atoms with Crippen LogP contribution in [-0.4, -0.2) is 40.8 Å². The number of piperidine rings is 1. The summed E-state index contributed by atoms with van der Waals surface area (Å²) in [5.41, 5.74) is 1.17. The lowest BCUT2D eigenvalue weighted by Gasteiger charge is -2.23. The van der Waals surface area contributed by atoms with Gasteiger partial charge in [-0.2, -0.15) is 18.2 Å². The largest absolute Gasteiger partial charge is 0.437 e. The summed E-state index contributed by atoms with van der Waals surface area (Å²) in [6.07, 6.45) is -0.548. The number of nitrogens with one attached hydrogen (secondary N) is 3. The van der Waals surface area contributed by atoms with Crippen molar-refractivity contribution in [3.8, 4) is 11.6 Å². The van der Waals surface area contributed by atoms with Crippen molar-refractivity contribution in [2.75, 3.05) is 18.4 Å². The fraction of sp³-hybridized carbons (Fsp3) is 0.310. The molecule has 0 saturated carbocycles. The molecule has 0 bridgehead atoms. The predicted octanol–water partition coefficient (Wildman–Crippen LogP) is 5.75. The number of ketones is 1. The minimum absolute atomic E-state index is 0.0534. The number of alkyl halides is 3. The molecule has 11 heteroatoms. The van der Waals surface area contributed by atoms with Crippen LogP contribution in [0.15, 0.2) is 55.3 Å². The van der Waals surface area contributed by atoms with Crippen LogP contribution in [0.5, 0.6) is 11.6 Å². The Morgan fingerprint density at radius 1 is 1.20 bits per heavy atom. The minimum Gasteiger partial charge on any atom is -0.437 e. The Morgan fingerprint density at radius 3 is 2.60 bits per heavy atom. The monoisotopic (exact) mass is 553 g/mol. The number of ether oxygens (including phenoxy) is 1. The smallest absolute Gasteiger partial charge is 0.423 e. The van der Waals surface area contributed by atoms with E-state index in [2.05, 4.69) is 32.5 Å². The third-order valence-corrected chi connectivity index (χ3v) is 6.50. The number of allylic oxidation sites excluding steroid dienone is 1. The van der Waals surface area contributed by atoms with Crippen LogP contribution in [-0.2, 0) is 12.6 Å². The van der Waals surface area contributed by atoms with Gasteiger partial charge in [-0.15, -0.1) is 6.58 Å².